The lowest BCUT2D eigenvalue weighted by Gasteiger charge is -2.11. The van der Waals surface area contributed by atoms with Crippen LogP contribution < -0.4 is 0 Å². The molecule has 0 bridgehead atoms. The summed E-state index contributed by atoms with van der Waals surface area (Å²) in [6.45, 7) is 0. The van der Waals surface area contributed by atoms with Crippen molar-refractivity contribution in [3.8, 4) is 6.07 Å². The van der Waals surface area contributed by atoms with Crippen molar-refractivity contribution in [1.82, 2.24) is 9.78 Å². The van der Waals surface area contributed by atoms with Crippen LogP contribution in [-0.4, -0.2) is 19.7 Å². The van der Waals surface area contributed by atoms with Crippen LogP contribution in [0, 0.1) is 11.3 Å². The summed E-state index contributed by atoms with van der Waals surface area (Å²) in [7, 11) is -1.49. The van der Waals surface area contributed by atoms with E-state index in [9.17, 15) is 8.60 Å². The van der Waals surface area contributed by atoms with Crippen LogP contribution in [0.2, 0.25) is 0 Å². The summed E-state index contributed by atoms with van der Waals surface area (Å²) < 4.78 is 27.5. The molecule has 0 N–H and O–H groups in total. The molecule has 0 aliphatic carbocycles. The number of aromatic nitrogens is 2. The fraction of sp³-hybridized carbons (Fsp3) is 0.286. The molecule has 6 heteroatoms. The van der Waals surface area contributed by atoms with Gasteiger partial charge in [-0.15, -0.1) is 0 Å². The van der Waals surface area contributed by atoms with E-state index in [0.717, 1.165) is 5.56 Å². The van der Waals surface area contributed by atoms with E-state index in [2.05, 4.69) is 5.10 Å². The average molecular weight is 289 g/mol. The Bertz CT molecular complexity index is 692. The lowest BCUT2D eigenvalue weighted by molar-refractivity contribution is 0.333. The summed E-state index contributed by atoms with van der Waals surface area (Å²) >= 11 is 0. The largest absolute Gasteiger partial charge is 0.258 e. The highest BCUT2D eigenvalue weighted by atomic mass is 32.2. The Kier molecular flexibility index (Phi) is 3.36. The van der Waals surface area contributed by atoms with Gasteiger partial charge in [-0.25, -0.2) is 4.39 Å². The fourth-order valence-electron chi connectivity index (χ4n) is 2.48. The maximum atomic E-state index is 14.1. The quantitative estimate of drug-likeness (QED) is 0.872. The van der Waals surface area contributed by atoms with Gasteiger partial charge in [-0.1, -0.05) is 30.3 Å². The van der Waals surface area contributed by atoms with Gasteiger partial charge in [0, 0.05) is 6.42 Å². The molecule has 1 aromatic carbocycles. The summed E-state index contributed by atoms with van der Waals surface area (Å²) in [6.07, 6.45) is -0.766. The first-order chi connectivity index (χ1) is 9.70. The zero-order chi connectivity index (χ0) is 14.1. The minimum absolute atomic E-state index is 0.122. The number of alkyl halides is 1. The van der Waals surface area contributed by atoms with Crippen molar-refractivity contribution in [2.45, 2.75) is 23.7 Å². The smallest absolute Gasteiger partial charge is 0.150 e. The third-order valence-electron chi connectivity index (χ3n) is 3.40. The van der Waals surface area contributed by atoms with Crippen molar-refractivity contribution in [3.05, 3.63) is 47.7 Å². The molecular formula is C14H12FN3OS. The number of nitrogens with zero attached hydrogens (tertiary/aromatic N) is 3. The number of benzene rings is 1. The van der Waals surface area contributed by atoms with Crippen LogP contribution in [0.25, 0.3) is 0 Å². The number of nitriles is 1. The topological polar surface area (TPSA) is 58.7 Å². The average Bonchev–Trinajstić information content (AvgIpc) is 3.01. The van der Waals surface area contributed by atoms with Crippen molar-refractivity contribution in [3.63, 3.8) is 0 Å². The standard InChI is InChI=1S/C14H12FN3OS/c15-11-8-12(10-4-2-1-3-5-10)18-13(11)9-14(17-18)20(19)7-6-16/h1-5,9,11-12H,7-8H2/t11-,12-,20?/m0/s1. The van der Waals surface area contributed by atoms with E-state index in [0.29, 0.717) is 12.1 Å². The van der Waals surface area contributed by atoms with E-state index < -0.39 is 17.0 Å². The normalized spacial score (nSPS) is 22.2. The van der Waals surface area contributed by atoms with Crippen molar-refractivity contribution in [1.29, 1.82) is 5.26 Å². The molecule has 3 atom stereocenters. The first-order valence-corrected chi connectivity index (χ1v) is 7.56. The molecule has 1 aromatic heterocycles. The molecule has 2 aromatic rings. The lowest BCUT2D eigenvalue weighted by atomic mass is 10.0. The SMILES string of the molecule is N#CCS(=O)c1cc2n(n1)[C@H](c1ccccc1)C[C@@H]2F. The molecule has 1 aliphatic heterocycles. The first-order valence-electron chi connectivity index (χ1n) is 6.24. The Morgan fingerprint density at radius 3 is 2.90 bits per heavy atom. The molecule has 0 spiro atoms. The highest BCUT2D eigenvalue weighted by Crippen LogP contribution is 2.40. The molecule has 0 amide bonds. The Hall–Kier alpha value is -2.00. The third-order valence-corrected chi connectivity index (χ3v) is 4.46. The number of hydrogen-bond acceptors (Lipinski definition) is 3. The van der Waals surface area contributed by atoms with Gasteiger partial charge >= 0.3 is 0 Å². The molecule has 0 radical (unpaired) electrons. The van der Waals surface area contributed by atoms with E-state index in [1.807, 2.05) is 36.4 Å². The van der Waals surface area contributed by atoms with Crippen molar-refractivity contribution in [2.75, 3.05) is 5.75 Å². The van der Waals surface area contributed by atoms with Crippen LogP contribution in [0.15, 0.2) is 41.4 Å². The Balaban J connectivity index is 1.98. The molecule has 0 saturated heterocycles. The van der Waals surface area contributed by atoms with Crippen LogP contribution in [-0.2, 0) is 10.8 Å². The van der Waals surface area contributed by atoms with Gasteiger partial charge in [-0.3, -0.25) is 8.89 Å². The molecular weight excluding hydrogens is 277 g/mol. The number of hydrogen-bond donors (Lipinski definition) is 0. The molecule has 0 fully saturated rings. The number of halogens is 1. The highest BCUT2D eigenvalue weighted by molar-refractivity contribution is 7.85. The predicted octanol–water partition coefficient (Wildman–Crippen LogP) is 2.52. The van der Waals surface area contributed by atoms with Gasteiger partial charge in [0.05, 0.1) is 28.6 Å². The van der Waals surface area contributed by atoms with Gasteiger partial charge in [0.2, 0.25) is 0 Å². The zero-order valence-corrected chi connectivity index (χ0v) is 11.4. The van der Waals surface area contributed by atoms with Crippen LogP contribution >= 0.6 is 0 Å². The second kappa shape index (κ2) is 5.17. The Morgan fingerprint density at radius 2 is 2.20 bits per heavy atom. The Labute approximate surface area is 118 Å². The maximum absolute atomic E-state index is 14.1. The fourth-order valence-corrected chi connectivity index (χ4v) is 3.18. The highest BCUT2D eigenvalue weighted by Gasteiger charge is 2.34. The molecule has 3 rings (SSSR count). The molecule has 20 heavy (non-hydrogen) atoms. The van der Waals surface area contributed by atoms with Crippen molar-refractivity contribution >= 4 is 10.8 Å². The molecule has 2 heterocycles. The lowest BCUT2D eigenvalue weighted by Crippen LogP contribution is -2.08. The van der Waals surface area contributed by atoms with Crippen LogP contribution in [0.5, 0.6) is 0 Å². The second-order valence-electron chi connectivity index (χ2n) is 4.63. The number of fused-ring (bicyclic) bond motifs is 1. The van der Waals surface area contributed by atoms with E-state index in [4.69, 9.17) is 5.26 Å². The van der Waals surface area contributed by atoms with Gasteiger partial charge in [-0.05, 0) is 11.6 Å². The summed E-state index contributed by atoms with van der Waals surface area (Å²) in [4.78, 5) is 0. The van der Waals surface area contributed by atoms with E-state index in [-0.39, 0.29) is 16.8 Å². The predicted molar refractivity (Wildman–Crippen MR) is 72.2 cm³/mol. The monoisotopic (exact) mass is 289 g/mol. The van der Waals surface area contributed by atoms with E-state index >= 15 is 0 Å². The summed E-state index contributed by atoms with van der Waals surface area (Å²) in [5.41, 5.74) is 1.43. The Morgan fingerprint density at radius 1 is 1.45 bits per heavy atom. The molecule has 4 nitrogen and oxygen atoms in total. The third kappa shape index (κ3) is 2.14. The van der Waals surface area contributed by atoms with Gasteiger partial charge in [0.1, 0.15) is 11.9 Å². The molecule has 102 valence electrons. The van der Waals surface area contributed by atoms with Gasteiger partial charge in [-0.2, -0.15) is 10.4 Å². The van der Waals surface area contributed by atoms with Gasteiger partial charge in [0.25, 0.3) is 0 Å². The minimum atomic E-state index is -1.49. The summed E-state index contributed by atoms with van der Waals surface area (Å²) in [5.74, 6) is -0.122. The second-order valence-corrected chi connectivity index (χ2v) is 6.03. The summed E-state index contributed by atoms with van der Waals surface area (Å²) in [5, 5.41) is 13.1. The van der Waals surface area contributed by atoms with Crippen molar-refractivity contribution < 1.29 is 8.60 Å². The summed E-state index contributed by atoms with van der Waals surface area (Å²) in [6, 6.07) is 12.8. The van der Waals surface area contributed by atoms with E-state index in [1.165, 1.54) is 6.07 Å². The van der Waals surface area contributed by atoms with Crippen LogP contribution in [0.1, 0.15) is 29.9 Å². The van der Waals surface area contributed by atoms with Gasteiger partial charge < -0.3 is 0 Å². The maximum Gasteiger partial charge on any atom is 0.150 e. The van der Waals surface area contributed by atoms with E-state index in [1.54, 1.807) is 4.68 Å². The molecule has 1 aliphatic rings. The van der Waals surface area contributed by atoms with Crippen molar-refractivity contribution in [2.24, 2.45) is 0 Å². The molecule has 1 unspecified atom stereocenters. The minimum Gasteiger partial charge on any atom is -0.258 e. The first kappa shape index (κ1) is 13.0. The number of rotatable bonds is 3. The molecule has 0 saturated carbocycles. The zero-order valence-electron chi connectivity index (χ0n) is 10.6. The van der Waals surface area contributed by atoms with Crippen LogP contribution in [0.3, 0.4) is 0 Å². The van der Waals surface area contributed by atoms with Gasteiger partial charge in [0.15, 0.2) is 5.03 Å². The van der Waals surface area contributed by atoms with Crippen LogP contribution in [0.4, 0.5) is 4.39 Å².